The highest BCUT2D eigenvalue weighted by Gasteiger charge is 2.60. The molecule has 152 valence electrons. The molecule has 27 heavy (non-hydrogen) atoms. The van der Waals surface area contributed by atoms with E-state index in [0.29, 0.717) is 30.0 Å². The Labute approximate surface area is 165 Å². The van der Waals surface area contributed by atoms with Crippen LogP contribution in [0.4, 0.5) is 0 Å². The first-order valence-electron chi connectivity index (χ1n) is 10.9. The fourth-order valence-electron chi connectivity index (χ4n) is 7.21. The molecule has 0 aromatic rings. The Bertz CT molecular complexity index is 646. The maximum Gasteiger partial charge on any atom is 0.305 e. The predicted octanol–water partition coefficient (Wildman–Crippen LogP) is 5.72. The zero-order valence-corrected chi connectivity index (χ0v) is 18.2. The zero-order chi connectivity index (χ0) is 20.0. The van der Waals surface area contributed by atoms with Crippen LogP contribution in [-0.2, 0) is 14.3 Å². The summed E-state index contributed by atoms with van der Waals surface area (Å²) in [4.78, 5) is 24.2. The van der Waals surface area contributed by atoms with E-state index in [2.05, 4.69) is 40.7 Å². The van der Waals surface area contributed by atoms with Gasteiger partial charge in [-0.15, -0.1) is 0 Å². The molecule has 2 unspecified atom stereocenters. The van der Waals surface area contributed by atoms with Crippen LogP contribution < -0.4 is 0 Å². The van der Waals surface area contributed by atoms with E-state index in [4.69, 9.17) is 4.74 Å². The number of hydrogen-bond acceptors (Lipinski definition) is 3. The number of Topliss-reactive ketones (excluding diaryl/α,β-unsaturated/α-hetero) is 1. The Hall–Kier alpha value is -1.12. The highest BCUT2D eigenvalue weighted by atomic mass is 16.5. The topological polar surface area (TPSA) is 43.4 Å². The lowest BCUT2D eigenvalue weighted by molar-refractivity contribution is -0.142. The maximum absolute atomic E-state index is 12.6. The molecule has 3 heteroatoms. The number of methoxy groups -OCH3 is 1. The van der Waals surface area contributed by atoms with Crippen molar-refractivity contribution in [3.8, 4) is 0 Å². The van der Waals surface area contributed by atoms with Crippen molar-refractivity contribution < 1.29 is 14.3 Å². The first-order chi connectivity index (χ1) is 12.6. The Morgan fingerprint density at radius 1 is 1.19 bits per heavy atom. The van der Waals surface area contributed by atoms with E-state index in [1.54, 1.807) is 5.57 Å². The van der Waals surface area contributed by atoms with E-state index in [-0.39, 0.29) is 22.2 Å². The summed E-state index contributed by atoms with van der Waals surface area (Å²) in [6.45, 7) is 11.7. The van der Waals surface area contributed by atoms with Crippen LogP contribution in [0.5, 0.6) is 0 Å². The quantitative estimate of drug-likeness (QED) is 0.466. The summed E-state index contributed by atoms with van der Waals surface area (Å²) in [6, 6.07) is 0. The molecule has 0 bridgehead atoms. The Morgan fingerprint density at radius 3 is 2.56 bits per heavy atom. The number of ketones is 1. The maximum atomic E-state index is 12.6. The number of carbonyl (C=O) groups excluding carboxylic acids is 2. The third-order valence-corrected chi connectivity index (χ3v) is 8.74. The van der Waals surface area contributed by atoms with Gasteiger partial charge in [0.1, 0.15) is 5.78 Å². The van der Waals surface area contributed by atoms with Crippen molar-refractivity contribution in [1.29, 1.82) is 0 Å². The van der Waals surface area contributed by atoms with E-state index in [9.17, 15) is 9.59 Å². The fourth-order valence-corrected chi connectivity index (χ4v) is 7.21. The van der Waals surface area contributed by atoms with Gasteiger partial charge in [-0.25, -0.2) is 0 Å². The van der Waals surface area contributed by atoms with Crippen molar-refractivity contribution in [3.63, 3.8) is 0 Å². The number of esters is 1. The Kier molecular flexibility index (Phi) is 5.38. The predicted molar refractivity (Wildman–Crippen MR) is 108 cm³/mol. The van der Waals surface area contributed by atoms with Gasteiger partial charge in [-0.3, -0.25) is 9.59 Å². The summed E-state index contributed by atoms with van der Waals surface area (Å²) < 4.78 is 4.84. The van der Waals surface area contributed by atoms with Gasteiger partial charge in [0.2, 0.25) is 0 Å². The van der Waals surface area contributed by atoms with E-state index in [1.165, 1.54) is 13.5 Å². The van der Waals surface area contributed by atoms with Gasteiger partial charge < -0.3 is 4.74 Å². The molecular weight excluding hydrogens is 336 g/mol. The smallest absolute Gasteiger partial charge is 0.305 e. The molecule has 0 radical (unpaired) electrons. The molecule has 3 nitrogen and oxygen atoms in total. The molecule has 0 saturated heterocycles. The van der Waals surface area contributed by atoms with Crippen LogP contribution >= 0.6 is 0 Å². The average molecular weight is 375 g/mol. The van der Waals surface area contributed by atoms with E-state index >= 15 is 0 Å². The molecule has 0 amide bonds. The number of carbonyl (C=O) groups is 2. The minimum absolute atomic E-state index is 0.0948. The summed E-state index contributed by atoms with van der Waals surface area (Å²) in [7, 11) is 1.47. The normalized spacial score (nSPS) is 40.6. The first kappa shape index (κ1) is 20.6. The molecule has 0 aromatic carbocycles. The van der Waals surface area contributed by atoms with Crippen molar-refractivity contribution in [2.24, 2.45) is 34.0 Å². The number of hydrogen-bond donors (Lipinski definition) is 0. The van der Waals surface area contributed by atoms with Gasteiger partial charge in [0.15, 0.2) is 0 Å². The summed E-state index contributed by atoms with van der Waals surface area (Å²) in [5.74, 6) is 2.07. The lowest BCUT2D eigenvalue weighted by Crippen LogP contribution is -2.56. The van der Waals surface area contributed by atoms with Gasteiger partial charge >= 0.3 is 5.97 Å². The van der Waals surface area contributed by atoms with Crippen molar-refractivity contribution >= 4 is 11.8 Å². The molecule has 0 aliphatic heterocycles. The van der Waals surface area contributed by atoms with Gasteiger partial charge in [-0.05, 0) is 67.1 Å². The van der Waals surface area contributed by atoms with Crippen molar-refractivity contribution in [1.82, 2.24) is 0 Å². The van der Waals surface area contributed by atoms with Crippen LogP contribution in [0.25, 0.3) is 0 Å². The van der Waals surface area contributed by atoms with Crippen LogP contribution in [0.15, 0.2) is 11.6 Å². The molecule has 0 heterocycles. The van der Waals surface area contributed by atoms with Crippen LogP contribution in [0.1, 0.15) is 86.0 Å². The summed E-state index contributed by atoms with van der Waals surface area (Å²) in [5, 5.41) is 0. The zero-order valence-electron chi connectivity index (χ0n) is 18.2. The minimum atomic E-state index is -0.210. The molecule has 0 spiro atoms. The third kappa shape index (κ3) is 3.19. The Balaban J connectivity index is 1.88. The van der Waals surface area contributed by atoms with Gasteiger partial charge in [-0.2, -0.15) is 0 Å². The van der Waals surface area contributed by atoms with E-state index in [1.807, 2.05) is 0 Å². The van der Waals surface area contributed by atoms with Crippen LogP contribution in [-0.4, -0.2) is 18.9 Å². The summed E-state index contributed by atoms with van der Waals surface area (Å²) in [6.07, 6.45) is 10.2. The first-order valence-corrected chi connectivity index (χ1v) is 10.9. The molecular formula is C24H38O3. The van der Waals surface area contributed by atoms with Crippen molar-refractivity contribution in [2.45, 2.75) is 86.0 Å². The summed E-state index contributed by atoms with van der Waals surface area (Å²) >= 11 is 0. The lowest BCUT2D eigenvalue weighted by Gasteiger charge is -2.62. The van der Waals surface area contributed by atoms with Gasteiger partial charge in [-0.1, -0.05) is 46.3 Å². The monoisotopic (exact) mass is 374 g/mol. The third-order valence-electron chi connectivity index (χ3n) is 8.74. The van der Waals surface area contributed by atoms with Crippen LogP contribution in [0, 0.1) is 34.0 Å². The number of fused-ring (bicyclic) bond motifs is 3. The number of rotatable bonds is 4. The highest BCUT2D eigenvalue weighted by molar-refractivity contribution is 5.85. The largest absolute Gasteiger partial charge is 0.469 e. The SMILES string of the molecule is COC(=O)CCC[C@@H]1[C@@H](C)CC=C2C1(C)CC[C@H]1C(C)(C)C(=O)CCC21C. The van der Waals surface area contributed by atoms with Crippen molar-refractivity contribution in [3.05, 3.63) is 11.6 Å². The number of allylic oxidation sites excluding steroid dienone is 2. The van der Waals surface area contributed by atoms with E-state index < -0.39 is 0 Å². The van der Waals surface area contributed by atoms with Gasteiger partial charge in [0.05, 0.1) is 7.11 Å². The molecule has 2 fully saturated rings. The summed E-state index contributed by atoms with van der Waals surface area (Å²) in [5.41, 5.74) is 1.77. The van der Waals surface area contributed by atoms with Crippen LogP contribution in [0.2, 0.25) is 0 Å². The molecule has 0 aromatic heterocycles. The number of ether oxygens (including phenoxy) is 1. The van der Waals surface area contributed by atoms with Crippen LogP contribution in [0.3, 0.4) is 0 Å². The molecule has 2 saturated carbocycles. The average Bonchev–Trinajstić information content (AvgIpc) is 2.60. The second-order valence-electron chi connectivity index (χ2n) is 10.5. The molecule has 3 rings (SSSR count). The molecule has 3 aliphatic carbocycles. The van der Waals surface area contributed by atoms with Crippen molar-refractivity contribution in [2.75, 3.05) is 7.11 Å². The lowest BCUT2D eigenvalue weighted by atomic mass is 9.41. The Morgan fingerprint density at radius 2 is 1.89 bits per heavy atom. The minimum Gasteiger partial charge on any atom is -0.469 e. The standard InChI is InChI=1S/C24H38O3/c1-16-10-11-19-23(4,17(16)8-7-9-21(26)27-6)14-12-18-22(2,3)20(25)13-15-24(18,19)5/h11,16-18H,7-10,12-15H2,1-6H3/t16-,17+,18-,23?,24?/m0/s1. The highest BCUT2D eigenvalue weighted by Crippen LogP contribution is 2.67. The van der Waals surface area contributed by atoms with E-state index in [0.717, 1.165) is 38.5 Å². The molecule has 3 aliphatic rings. The van der Waals surface area contributed by atoms with Gasteiger partial charge in [0, 0.05) is 18.3 Å². The molecule has 5 atom stereocenters. The van der Waals surface area contributed by atoms with Gasteiger partial charge in [0.25, 0.3) is 0 Å². The second kappa shape index (κ2) is 7.04. The second-order valence-corrected chi connectivity index (χ2v) is 10.5. The molecule has 0 N–H and O–H groups in total. The fraction of sp³-hybridized carbons (Fsp3) is 0.833.